The van der Waals surface area contributed by atoms with E-state index in [2.05, 4.69) is 104 Å². The van der Waals surface area contributed by atoms with Gasteiger partial charge in [-0.05, 0) is 89.9 Å². The highest BCUT2D eigenvalue weighted by Crippen LogP contribution is 2.12. The normalized spacial score (nSPS) is 14.0. The number of hydrogen-bond acceptors (Lipinski definition) is 3. The van der Waals surface area contributed by atoms with E-state index >= 15 is 0 Å². The zero-order valence-corrected chi connectivity index (χ0v) is 34.5. The SMILES string of the molecule is CC/C=C\C/C=C\C/C=C\C/C=C\C/C=C\CCCCCCCCCC(=O)NC(CO)C(O)/C=C/CC/C=C/CC/C=C/CCCCCCCCCC. The smallest absolute Gasteiger partial charge is 0.220 e. The Bertz CT molecular complexity index is 1010. The zero-order chi connectivity index (χ0) is 38.6. The van der Waals surface area contributed by atoms with Crippen LogP contribution in [0.5, 0.6) is 0 Å². The lowest BCUT2D eigenvalue weighted by Gasteiger charge is -2.19. The molecule has 2 atom stereocenters. The maximum Gasteiger partial charge on any atom is 0.220 e. The van der Waals surface area contributed by atoms with Gasteiger partial charge < -0.3 is 15.5 Å². The molecule has 53 heavy (non-hydrogen) atoms. The van der Waals surface area contributed by atoms with Crippen molar-refractivity contribution in [1.82, 2.24) is 5.32 Å². The summed E-state index contributed by atoms with van der Waals surface area (Å²) in [4.78, 5) is 12.4. The Hall–Kier alpha value is -2.69. The van der Waals surface area contributed by atoms with Crippen molar-refractivity contribution in [3.63, 3.8) is 0 Å². The van der Waals surface area contributed by atoms with Gasteiger partial charge in [-0.1, -0.05) is 188 Å². The average Bonchev–Trinajstić information content (AvgIpc) is 3.16. The van der Waals surface area contributed by atoms with Crippen molar-refractivity contribution in [2.75, 3.05) is 6.61 Å². The number of carbonyl (C=O) groups is 1. The maximum atomic E-state index is 12.4. The highest BCUT2D eigenvalue weighted by atomic mass is 16.3. The first-order valence-corrected chi connectivity index (χ1v) is 22.0. The third-order valence-corrected chi connectivity index (χ3v) is 9.28. The fourth-order valence-corrected chi connectivity index (χ4v) is 5.94. The highest BCUT2D eigenvalue weighted by molar-refractivity contribution is 5.76. The summed E-state index contributed by atoms with van der Waals surface area (Å²) in [5.74, 6) is -0.0941. The molecule has 4 nitrogen and oxygen atoms in total. The second-order valence-corrected chi connectivity index (χ2v) is 14.4. The molecule has 0 spiro atoms. The first-order chi connectivity index (χ1) is 26.2. The van der Waals surface area contributed by atoms with E-state index in [0.29, 0.717) is 6.42 Å². The summed E-state index contributed by atoms with van der Waals surface area (Å²) in [6.45, 7) is 4.16. The molecule has 0 aliphatic heterocycles. The highest BCUT2D eigenvalue weighted by Gasteiger charge is 2.17. The van der Waals surface area contributed by atoms with Crippen LogP contribution in [0.4, 0.5) is 0 Å². The maximum absolute atomic E-state index is 12.4. The molecule has 0 aromatic heterocycles. The quantitative estimate of drug-likeness (QED) is 0.0437. The van der Waals surface area contributed by atoms with Gasteiger partial charge in [0.1, 0.15) is 0 Å². The lowest BCUT2D eigenvalue weighted by atomic mass is 10.1. The third kappa shape index (κ3) is 40.3. The number of aliphatic hydroxyl groups excluding tert-OH is 2. The van der Waals surface area contributed by atoms with Gasteiger partial charge in [0.05, 0.1) is 18.8 Å². The van der Waals surface area contributed by atoms with Crippen LogP contribution < -0.4 is 5.32 Å². The molecular weight excluding hydrogens is 651 g/mol. The van der Waals surface area contributed by atoms with Crippen LogP contribution in [-0.4, -0.2) is 34.9 Å². The molecule has 0 aliphatic carbocycles. The predicted molar refractivity (Wildman–Crippen MR) is 234 cm³/mol. The van der Waals surface area contributed by atoms with E-state index in [1.807, 2.05) is 6.08 Å². The summed E-state index contributed by atoms with van der Waals surface area (Å²) >= 11 is 0. The molecule has 4 heteroatoms. The number of carbonyl (C=O) groups excluding carboxylic acids is 1. The van der Waals surface area contributed by atoms with Crippen LogP contribution in [0.3, 0.4) is 0 Å². The van der Waals surface area contributed by atoms with E-state index in [1.54, 1.807) is 6.08 Å². The molecular formula is C49H83NO3. The minimum atomic E-state index is -0.881. The molecule has 0 radical (unpaired) electrons. The van der Waals surface area contributed by atoms with E-state index in [1.165, 1.54) is 83.5 Å². The molecule has 1 amide bonds. The number of unbranched alkanes of at least 4 members (excludes halogenated alkanes) is 17. The number of aliphatic hydroxyl groups is 2. The van der Waals surface area contributed by atoms with Crippen LogP contribution in [0.25, 0.3) is 0 Å². The summed E-state index contributed by atoms with van der Waals surface area (Å²) in [5, 5.41) is 23.0. The number of amides is 1. The monoisotopic (exact) mass is 734 g/mol. The Morgan fingerprint density at radius 1 is 0.472 bits per heavy atom. The van der Waals surface area contributed by atoms with Crippen LogP contribution in [-0.2, 0) is 4.79 Å². The largest absolute Gasteiger partial charge is 0.394 e. The number of allylic oxidation sites excluding steroid dienone is 15. The number of nitrogens with one attached hydrogen (secondary N) is 1. The van der Waals surface area contributed by atoms with Gasteiger partial charge in [0.2, 0.25) is 5.91 Å². The second kappa shape index (κ2) is 43.7. The van der Waals surface area contributed by atoms with E-state index < -0.39 is 12.1 Å². The standard InChI is InChI=1S/C49H83NO3/c1-3-5-7-9-11-13-15-17-19-21-23-24-25-26-27-29-31-33-35-37-39-41-43-45-49(53)50-47(46-51)48(52)44-42-40-38-36-34-32-30-28-22-20-18-16-14-12-10-8-6-4-2/h5,7,11,13,17,19,22-24,26-28,34,36,42,44,47-48,51-52H,3-4,6,8-10,12,14-16,18,20-21,25,29-33,35,37-41,43,45-46H2,1-2H3,(H,50,53)/b7-5-,13-11-,19-17-,24-23-,27-26-,28-22+,36-34+,44-42+. The number of rotatable bonds is 38. The number of hydrogen-bond donors (Lipinski definition) is 3. The Morgan fingerprint density at radius 2 is 0.849 bits per heavy atom. The first kappa shape index (κ1) is 50.3. The van der Waals surface area contributed by atoms with Gasteiger partial charge in [0.15, 0.2) is 0 Å². The fourth-order valence-electron chi connectivity index (χ4n) is 5.94. The van der Waals surface area contributed by atoms with Crippen LogP contribution in [0.1, 0.15) is 187 Å². The molecule has 302 valence electrons. The Morgan fingerprint density at radius 3 is 1.32 bits per heavy atom. The summed E-state index contributed by atoms with van der Waals surface area (Å²) in [7, 11) is 0. The van der Waals surface area contributed by atoms with Crippen LogP contribution in [0, 0.1) is 0 Å². The van der Waals surface area contributed by atoms with E-state index in [4.69, 9.17) is 0 Å². The topological polar surface area (TPSA) is 69.6 Å². The van der Waals surface area contributed by atoms with Crippen molar-refractivity contribution in [3.05, 3.63) is 97.2 Å². The van der Waals surface area contributed by atoms with Crippen molar-refractivity contribution in [3.8, 4) is 0 Å². The van der Waals surface area contributed by atoms with Gasteiger partial charge in [-0.2, -0.15) is 0 Å². The van der Waals surface area contributed by atoms with Gasteiger partial charge in [-0.15, -0.1) is 0 Å². The van der Waals surface area contributed by atoms with Crippen LogP contribution in [0.15, 0.2) is 97.2 Å². The molecule has 0 saturated carbocycles. The minimum Gasteiger partial charge on any atom is -0.394 e. The van der Waals surface area contributed by atoms with Gasteiger partial charge in [-0.25, -0.2) is 0 Å². The van der Waals surface area contributed by atoms with Gasteiger partial charge in [0, 0.05) is 6.42 Å². The van der Waals surface area contributed by atoms with Crippen LogP contribution in [0.2, 0.25) is 0 Å². The zero-order valence-electron chi connectivity index (χ0n) is 34.5. The Labute approximate surface area is 328 Å². The molecule has 0 saturated heterocycles. The average molecular weight is 734 g/mol. The Kier molecular flexibility index (Phi) is 41.5. The van der Waals surface area contributed by atoms with Gasteiger partial charge >= 0.3 is 0 Å². The van der Waals surface area contributed by atoms with Crippen LogP contribution >= 0.6 is 0 Å². The summed E-state index contributed by atoms with van der Waals surface area (Å²) in [6, 6.07) is -0.658. The molecule has 2 unspecified atom stereocenters. The lowest BCUT2D eigenvalue weighted by molar-refractivity contribution is -0.123. The molecule has 0 bridgehead atoms. The van der Waals surface area contributed by atoms with E-state index in [-0.39, 0.29) is 12.5 Å². The molecule has 0 aliphatic rings. The first-order valence-electron chi connectivity index (χ1n) is 22.0. The molecule has 0 aromatic carbocycles. The molecule has 3 N–H and O–H groups in total. The van der Waals surface area contributed by atoms with Crippen molar-refractivity contribution in [2.45, 2.75) is 199 Å². The molecule has 0 fully saturated rings. The fraction of sp³-hybridized carbons (Fsp3) is 0.653. The summed E-state index contributed by atoms with van der Waals surface area (Å²) < 4.78 is 0. The van der Waals surface area contributed by atoms with Crippen molar-refractivity contribution in [1.29, 1.82) is 0 Å². The van der Waals surface area contributed by atoms with E-state index in [0.717, 1.165) is 83.5 Å². The van der Waals surface area contributed by atoms with Gasteiger partial charge in [0.25, 0.3) is 0 Å². The minimum absolute atomic E-state index is 0.0941. The summed E-state index contributed by atoms with van der Waals surface area (Å²) in [6.07, 6.45) is 65.1. The van der Waals surface area contributed by atoms with E-state index in [9.17, 15) is 15.0 Å². The summed E-state index contributed by atoms with van der Waals surface area (Å²) in [5.41, 5.74) is 0. The van der Waals surface area contributed by atoms with Crippen molar-refractivity contribution in [2.24, 2.45) is 0 Å². The molecule has 0 aromatic rings. The Balaban J connectivity index is 3.72. The van der Waals surface area contributed by atoms with Gasteiger partial charge in [-0.3, -0.25) is 4.79 Å². The third-order valence-electron chi connectivity index (χ3n) is 9.28. The molecule has 0 heterocycles. The second-order valence-electron chi connectivity index (χ2n) is 14.4. The predicted octanol–water partition coefficient (Wildman–Crippen LogP) is 13.8. The lowest BCUT2D eigenvalue weighted by Crippen LogP contribution is -2.45. The van der Waals surface area contributed by atoms with Crippen molar-refractivity contribution < 1.29 is 15.0 Å². The molecule has 0 rings (SSSR count). The van der Waals surface area contributed by atoms with Crippen molar-refractivity contribution >= 4 is 5.91 Å².